The van der Waals surface area contributed by atoms with E-state index in [1.807, 2.05) is 11.0 Å². The molecule has 0 spiro atoms. The Balaban J connectivity index is 0.000000580. The van der Waals surface area contributed by atoms with Crippen molar-refractivity contribution >= 4 is 18.9 Å². The number of fused-ring (bicyclic) bond motifs is 4. The first-order valence-electron chi connectivity index (χ1n) is 12.4. The van der Waals surface area contributed by atoms with Crippen LogP contribution in [-0.4, -0.2) is 87.8 Å². The molecular formula is C27H35N3O7. The van der Waals surface area contributed by atoms with Crippen LogP contribution in [0.4, 0.5) is 0 Å². The number of rotatable bonds is 4. The van der Waals surface area contributed by atoms with Crippen molar-refractivity contribution in [2.75, 3.05) is 26.7 Å². The predicted octanol–water partition coefficient (Wildman–Crippen LogP) is 2.76. The third-order valence-electron chi connectivity index (χ3n) is 7.52. The van der Waals surface area contributed by atoms with Gasteiger partial charge in [0.25, 0.3) is 18.9 Å². The van der Waals surface area contributed by atoms with Gasteiger partial charge in [0.05, 0.1) is 18.9 Å². The molecule has 1 aromatic heterocycles. The van der Waals surface area contributed by atoms with Crippen LogP contribution in [0.2, 0.25) is 0 Å². The smallest absolute Gasteiger partial charge is 0.290 e. The van der Waals surface area contributed by atoms with Gasteiger partial charge in [-0.15, -0.1) is 0 Å². The van der Waals surface area contributed by atoms with Gasteiger partial charge in [-0.2, -0.15) is 0 Å². The number of piperidine rings is 3. The van der Waals surface area contributed by atoms with Gasteiger partial charge in [-0.05, 0) is 67.8 Å². The molecule has 10 heteroatoms. The Labute approximate surface area is 216 Å². The van der Waals surface area contributed by atoms with E-state index in [1.54, 1.807) is 19.4 Å². The number of aromatic hydroxyl groups is 1. The van der Waals surface area contributed by atoms with E-state index in [0.717, 1.165) is 31.8 Å². The van der Waals surface area contributed by atoms with Crippen LogP contribution in [0.3, 0.4) is 0 Å². The average molecular weight is 514 g/mol. The molecule has 3 aliphatic rings. The number of carboxylic acid groups (broad SMARTS) is 2. The standard InChI is InChI=1S/C25H31N3O3.2CH2O2/c1-31-20-6-4-5-17(11-20)12-23-19-13-18(22-7-2-3-10-28(22)23)15-27(16-19)25(30)21-8-9-26-14-24(21)29;2*2-1-3/h4-6,8-9,11,14,18-19,22-23,29H,2-3,7,10,12-13,15-16H2,1H3;2*1H,(H,2,3)/t18-,19+,22+,23+;;/m1../s1. The summed E-state index contributed by atoms with van der Waals surface area (Å²) >= 11 is 0. The Hall–Kier alpha value is -3.66. The largest absolute Gasteiger partial charge is 0.505 e. The highest BCUT2D eigenvalue weighted by atomic mass is 16.5. The molecule has 3 saturated heterocycles. The van der Waals surface area contributed by atoms with Gasteiger partial charge in [-0.3, -0.25) is 24.3 Å². The lowest BCUT2D eigenvalue weighted by molar-refractivity contribution is -0.123. The second-order valence-electron chi connectivity index (χ2n) is 9.49. The van der Waals surface area contributed by atoms with E-state index in [9.17, 15) is 9.90 Å². The molecule has 2 aromatic rings. The number of hydrogen-bond donors (Lipinski definition) is 3. The van der Waals surface area contributed by atoms with Crippen LogP contribution in [0.1, 0.15) is 41.6 Å². The van der Waals surface area contributed by atoms with E-state index < -0.39 is 0 Å². The fraction of sp³-hybridized carbons (Fsp3) is 0.481. The Morgan fingerprint density at radius 1 is 1.14 bits per heavy atom. The SMILES string of the molecule is COc1cccc(C[C@H]2[C@H]3C[C@H](CN(C(=O)c4ccncc4O)C3)[C@@H]3CCCCN32)c1.O=CO.O=CO. The topological polar surface area (TPSA) is 140 Å². The minimum atomic E-state index is -0.250. The van der Waals surface area contributed by atoms with Crippen molar-refractivity contribution in [3.05, 3.63) is 53.9 Å². The molecule has 0 aliphatic carbocycles. The zero-order valence-electron chi connectivity index (χ0n) is 21.0. The van der Waals surface area contributed by atoms with Crippen molar-refractivity contribution in [2.45, 2.75) is 44.2 Å². The molecule has 37 heavy (non-hydrogen) atoms. The van der Waals surface area contributed by atoms with Crippen molar-refractivity contribution in [3.8, 4) is 11.5 Å². The zero-order chi connectivity index (χ0) is 26.8. The number of methoxy groups -OCH3 is 1. The molecule has 3 N–H and O–H groups in total. The molecule has 2 bridgehead atoms. The van der Waals surface area contributed by atoms with Crippen molar-refractivity contribution in [1.82, 2.24) is 14.8 Å². The van der Waals surface area contributed by atoms with E-state index in [4.69, 9.17) is 24.5 Å². The van der Waals surface area contributed by atoms with Crippen LogP contribution in [0, 0.1) is 11.8 Å². The quantitative estimate of drug-likeness (QED) is 0.526. The lowest BCUT2D eigenvalue weighted by Crippen LogP contribution is -2.64. The highest BCUT2D eigenvalue weighted by Crippen LogP contribution is 2.42. The minimum Gasteiger partial charge on any atom is -0.505 e. The lowest BCUT2D eigenvalue weighted by Gasteiger charge is -2.57. The summed E-state index contributed by atoms with van der Waals surface area (Å²) in [7, 11) is 1.71. The normalized spacial score (nSPS) is 24.2. The van der Waals surface area contributed by atoms with E-state index in [1.165, 1.54) is 37.4 Å². The molecule has 5 rings (SSSR count). The van der Waals surface area contributed by atoms with Gasteiger partial charge in [0, 0.05) is 31.4 Å². The van der Waals surface area contributed by atoms with Gasteiger partial charge in [-0.25, -0.2) is 0 Å². The predicted molar refractivity (Wildman–Crippen MR) is 136 cm³/mol. The molecule has 0 radical (unpaired) electrons. The Morgan fingerprint density at radius 3 is 2.57 bits per heavy atom. The average Bonchev–Trinajstić information content (AvgIpc) is 2.92. The van der Waals surface area contributed by atoms with Crippen LogP contribution in [0.5, 0.6) is 11.5 Å². The van der Waals surface area contributed by atoms with E-state index >= 15 is 0 Å². The number of hydrogen-bond acceptors (Lipinski definition) is 7. The first kappa shape index (κ1) is 27.9. The minimum absolute atomic E-state index is 0.0320. The molecule has 1 amide bonds. The molecule has 0 saturated carbocycles. The van der Waals surface area contributed by atoms with Crippen LogP contribution >= 0.6 is 0 Å². The highest BCUT2D eigenvalue weighted by Gasteiger charge is 2.48. The Morgan fingerprint density at radius 2 is 1.86 bits per heavy atom. The number of pyridine rings is 1. The molecule has 1 aromatic carbocycles. The summed E-state index contributed by atoms with van der Waals surface area (Å²) in [5, 5.41) is 23.9. The van der Waals surface area contributed by atoms with Crippen molar-refractivity contribution in [2.24, 2.45) is 11.8 Å². The fourth-order valence-corrected chi connectivity index (χ4v) is 6.13. The number of aromatic nitrogens is 1. The van der Waals surface area contributed by atoms with Gasteiger partial charge in [0.2, 0.25) is 0 Å². The fourth-order valence-electron chi connectivity index (χ4n) is 6.13. The second kappa shape index (κ2) is 13.6. The molecule has 10 nitrogen and oxygen atoms in total. The third-order valence-corrected chi connectivity index (χ3v) is 7.52. The number of carbonyl (C=O) groups excluding carboxylic acids is 1. The van der Waals surface area contributed by atoms with E-state index in [2.05, 4.69) is 28.1 Å². The first-order valence-corrected chi connectivity index (χ1v) is 12.4. The van der Waals surface area contributed by atoms with Gasteiger partial charge in [0.1, 0.15) is 11.5 Å². The summed E-state index contributed by atoms with van der Waals surface area (Å²) in [5.41, 5.74) is 1.65. The molecular weight excluding hydrogens is 478 g/mol. The van der Waals surface area contributed by atoms with Crippen LogP contribution < -0.4 is 4.74 Å². The second-order valence-corrected chi connectivity index (χ2v) is 9.49. The number of amides is 1. The van der Waals surface area contributed by atoms with Crippen LogP contribution in [0.15, 0.2) is 42.7 Å². The Kier molecular flexibility index (Phi) is 10.3. The van der Waals surface area contributed by atoms with Crippen molar-refractivity contribution in [3.63, 3.8) is 0 Å². The van der Waals surface area contributed by atoms with Crippen LogP contribution in [-0.2, 0) is 16.0 Å². The first-order chi connectivity index (χ1) is 18.0. The maximum absolute atomic E-state index is 13.3. The van der Waals surface area contributed by atoms with Gasteiger partial charge in [0.15, 0.2) is 0 Å². The summed E-state index contributed by atoms with van der Waals surface area (Å²) in [6.45, 7) is 2.19. The van der Waals surface area contributed by atoms with Crippen LogP contribution in [0.25, 0.3) is 0 Å². The van der Waals surface area contributed by atoms with Gasteiger partial charge in [-0.1, -0.05) is 18.6 Å². The van der Waals surface area contributed by atoms with E-state index in [0.29, 0.717) is 29.5 Å². The summed E-state index contributed by atoms with van der Waals surface area (Å²) < 4.78 is 5.45. The molecule has 4 heterocycles. The number of carbonyl (C=O) groups is 3. The summed E-state index contributed by atoms with van der Waals surface area (Å²) in [5.74, 6) is 1.74. The van der Waals surface area contributed by atoms with Gasteiger partial charge >= 0.3 is 0 Å². The number of nitrogens with zero attached hydrogens (tertiary/aromatic N) is 3. The third kappa shape index (κ3) is 6.76. The molecule has 200 valence electrons. The summed E-state index contributed by atoms with van der Waals surface area (Å²) in [6, 6.07) is 11.0. The molecule has 0 unspecified atom stereocenters. The van der Waals surface area contributed by atoms with E-state index in [-0.39, 0.29) is 24.6 Å². The van der Waals surface area contributed by atoms with Crippen molar-refractivity contribution in [1.29, 1.82) is 0 Å². The van der Waals surface area contributed by atoms with Crippen molar-refractivity contribution < 1.29 is 34.4 Å². The molecule has 3 aliphatic heterocycles. The number of benzene rings is 1. The maximum atomic E-state index is 13.3. The zero-order valence-corrected chi connectivity index (χ0v) is 21.0. The lowest BCUT2D eigenvalue weighted by atomic mass is 9.71. The molecule has 3 fully saturated rings. The Bertz CT molecular complexity index is 1040. The highest BCUT2D eigenvalue weighted by molar-refractivity contribution is 5.96. The molecule has 4 atom stereocenters. The summed E-state index contributed by atoms with van der Waals surface area (Å²) in [6.07, 6.45) is 8.84. The monoisotopic (exact) mass is 513 g/mol. The number of likely N-dealkylation sites (tertiary alicyclic amines) is 1. The van der Waals surface area contributed by atoms with Gasteiger partial charge < -0.3 is 25.0 Å². The number of ether oxygens (including phenoxy) is 1. The summed E-state index contributed by atoms with van der Waals surface area (Å²) in [4.78, 5) is 38.7. The maximum Gasteiger partial charge on any atom is 0.290 e.